The fraction of sp³-hybridized carbons (Fsp3) is 0.562. The SMILES string of the molecule is COCCCOc1cccc(C(=O)NCC2CCCN2)c1.Cl. The second kappa shape index (κ2) is 10.4. The molecule has 1 saturated heterocycles. The molecule has 1 atom stereocenters. The van der Waals surface area contributed by atoms with Gasteiger partial charge in [0.05, 0.1) is 6.61 Å². The van der Waals surface area contributed by atoms with Crippen molar-refractivity contribution in [2.24, 2.45) is 0 Å². The minimum atomic E-state index is -0.0500. The molecule has 1 aliphatic rings. The number of hydrogen-bond acceptors (Lipinski definition) is 4. The lowest BCUT2D eigenvalue weighted by Gasteiger charge is -2.12. The molecule has 5 nitrogen and oxygen atoms in total. The van der Waals surface area contributed by atoms with E-state index in [0.29, 0.717) is 31.4 Å². The highest BCUT2D eigenvalue weighted by atomic mass is 35.5. The van der Waals surface area contributed by atoms with Crippen molar-refractivity contribution in [1.29, 1.82) is 0 Å². The second-order valence-electron chi connectivity index (χ2n) is 5.23. The van der Waals surface area contributed by atoms with Gasteiger partial charge in [0, 0.05) is 38.3 Å². The van der Waals surface area contributed by atoms with Crippen molar-refractivity contribution in [3.05, 3.63) is 29.8 Å². The summed E-state index contributed by atoms with van der Waals surface area (Å²) in [6, 6.07) is 7.70. The minimum absolute atomic E-state index is 0. The van der Waals surface area contributed by atoms with Gasteiger partial charge in [0.25, 0.3) is 5.91 Å². The number of carbonyl (C=O) groups excluding carboxylic acids is 1. The number of amides is 1. The van der Waals surface area contributed by atoms with E-state index in [1.54, 1.807) is 19.2 Å². The van der Waals surface area contributed by atoms with Crippen molar-refractivity contribution in [1.82, 2.24) is 10.6 Å². The van der Waals surface area contributed by atoms with Crippen LogP contribution in [0.3, 0.4) is 0 Å². The summed E-state index contributed by atoms with van der Waals surface area (Å²) in [7, 11) is 1.67. The van der Waals surface area contributed by atoms with E-state index in [9.17, 15) is 4.79 Å². The highest BCUT2D eigenvalue weighted by Gasteiger charge is 2.15. The zero-order chi connectivity index (χ0) is 14.9. The Morgan fingerprint density at radius 1 is 1.41 bits per heavy atom. The number of methoxy groups -OCH3 is 1. The predicted octanol–water partition coefficient (Wildman–Crippen LogP) is 2.01. The molecule has 1 unspecified atom stereocenters. The lowest BCUT2D eigenvalue weighted by Crippen LogP contribution is -2.37. The van der Waals surface area contributed by atoms with E-state index in [2.05, 4.69) is 10.6 Å². The zero-order valence-electron chi connectivity index (χ0n) is 13.0. The molecule has 0 spiro atoms. The molecule has 6 heteroatoms. The Hall–Kier alpha value is -1.30. The largest absolute Gasteiger partial charge is 0.493 e. The van der Waals surface area contributed by atoms with Gasteiger partial charge in [-0.25, -0.2) is 0 Å². The number of halogens is 1. The third-order valence-electron chi connectivity index (χ3n) is 3.53. The highest BCUT2D eigenvalue weighted by molar-refractivity contribution is 5.94. The first-order chi connectivity index (χ1) is 10.3. The Morgan fingerprint density at radius 2 is 2.27 bits per heavy atom. The van der Waals surface area contributed by atoms with Crippen molar-refractivity contribution in [2.45, 2.75) is 25.3 Å². The standard InChI is InChI=1S/C16H24N2O3.ClH/c1-20-9-4-10-21-15-7-2-5-13(11-15)16(19)18-12-14-6-3-8-17-14;/h2,5,7,11,14,17H,3-4,6,8-10,12H2,1H3,(H,18,19);1H. The molecule has 1 amide bonds. The van der Waals surface area contributed by atoms with Crippen LogP contribution < -0.4 is 15.4 Å². The summed E-state index contributed by atoms with van der Waals surface area (Å²) in [5.41, 5.74) is 0.636. The Bertz CT molecular complexity index is 451. The van der Waals surface area contributed by atoms with Gasteiger partial charge in [0.2, 0.25) is 0 Å². The van der Waals surface area contributed by atoms with Crippen LogP contribution in [-0.2, 0) is 4.74 Å². The maximum absolute atomic E-state index is 12.1. The predicted molar refractivity (Wildman–Crippen MR) is 89.0 cm³/mol. The van der Waals surface area contributed by atoms with Gasteiger partial charge in [-0.3, -0.25) is 4.79 Å². The summed E-state index contributed by atoms with van der Waals surface area (Å²) < 4.78 is 10.6. The minimum Gasteiger partial charge on any atom is -0.493 e. The van der Waals surface area contributed by atoms with Gasteiger partial charge in [-0.1, -0.05) is 6.07 Å². The third kappa shape index (κ3) is 6.22. The Labute approximate surface area is 138 Å². The number of hydrogen-bond donors (Lipinski definition) is 2. The molecule has 124 valence electrons. The fourth-order valence-electron chi connectivity index (χ4n) is 2.37. The first-order valence-electron chi connectivity index (χ1n) is 7.53. The van der Waals surface area contributed by atoms with Crippen molar-refractivity contribution in [2.75, 3.05) is 33.4 Å². The van der Waals surface area contributed by atoms with Crippen molar-refractivity contribution in [3.63, 3.8) is 0 Å². The van der Waals surface area contributed by atoms with Gasteiger partial charge in [-0.2, -0.15) is 0 Å². The van der Waals surface area contributed by atoms with Crippen molar-refractivity contribution < 1.29 is 14.3 Å². The Morgan fingerprint density at radius 3 is 3.00 bits per heavy atom. The molecule has 0 saturated carbocycles. The fourth-order valence-corrected chi connectivity index (χ4v) is 2.37. The van der Waals surface area contributed by atoms with Crippen LogP contribution in [0.5, 0.6) is 5.75 Å². The molecule has 22 heavy (non-hydrogen) atoms. The topological polar surface area (TPSA) is 59.6 Å². The number of ether oxygens (including phenoxy) is 2. The van der Waals surface area contributed by atoms with Crippen LogP contribution in [0.4, 0.5) is 0 Å². The maximum Gasteiger partial charge on any atom is 0.251 e. The molecule has 0 aromatic heterocycles. The van der Waals surface area contributed by atoms with Gasteiger partial charge in [0.15, 0.2) is 0 Å². The van der Waals surface area contributed by atoms with E-state index >= 15 is 0 Å². The molecule has 0 radical (unpaired) electrons. The van der Waals surface area contributed by atoms with Crippen LogP contribution in [0.15, 0.2) is 24.3 Å². The molecule has 0 aliphatic carbocycles. The molecule has 2 N–H and O–H groups in total. The van der Waals surface area contributed by atoms with Crippen LogP contribution in [0.2, 0.25) is 0 Å². The summed E-state index contributed by atoms with van der Waals surface area (Å²) in [4.78, 5) is 12.1. The molecule has 1 fully saturated rings. The van der Waals surface area contributed by atoms with Crippen LogP contribution in [0.1, 0.15) is 29.6 Å². The zero-order valence-corrected chi connectivity index (χ0v) is 13.8. The van der Waals surface area contributed by atoms with Crippen molar-refractivity contribution in [3.8, 4) is 5.75 Å². The van der Waals surface area contributed by atoms with Gasteiger partial charge < -0.3 is 20.1 Å². The number of benzene rings is 1. The molecule has 1 aromatic rings. The lowest BCUT2D eigenvalue weighted by atomic mass is 10.2. The summed E-state index contributed by atoms with van der Waals surface area (Å²) in [6.07, 6.45) is 3.15. The van der Waals surface area contributed by atoms with Crippen LogP contribution in [-0.4, -0.2) is 45.4 Å². The highest BCUT2D eigenvalue weighted by Crippen LogP contribution is 2.14. The quantitative estimate of drug-likeness (QED) is 0.717. The third-order valence-corrected chi connectivity index (χ3v) is 3.53. The summed E-state index contributed by atoms with van der Waals surface area (Å²) in [5, 5.41) is 6.33. The molecule has 0 bridgehead atoms. The maximum atomic E-state index is 12.1. The lowest BCUT2D eigenvalue weighted by molar-refractivity contribution is 0.0949. The number of carbonyl (C=O) groups is 1. The van der Waals surface area contributed by atoms with E-state index in [-0.39, 0.29) is 18.3 Å². The van der Waals surface area contributed by atoms with Gasteiger partial charge in [0.1, 0.15) is 5.75 Å². The molecule has 1 aromatic carbocycles. The monoisotopic (exact) mass is 328 g/mol. The Kier molecular flexibility index (Phi) is 8.89. The Balaban J connectivity index is 0.00000242. The number of rotatable bonds is 8. The summed E-state index contributed by atoms with van der Waals surface area (Å²) >= 11 is 0. The summed E-state index contributed by atoms with van der Waals surface area (Å²) in [6.45, 7) is 2.99. The van der Waals surface area contributed by atoms with Crippen LogP contribution in [0, 0.1) is 0 Å². The van der Waals surface area contributed by atoms with Gasteiger partial charge in [-0.15, -0.1) is 12.4 Å². The van der Waals surface area contributed by atoms with Crippen LogP contribution in [0.25, 0.3) is 0 Å². The summed E-state index contributed by atoms with van der Waals surface area (Å²) in [5.74, 6) is 0.670. The van der Waals surface area contributed by atoms with Gasteiger partial charge >= 0.3 is 0 Å². The van der Waals surface area contributed by atoms with E-state index in [4.69, 9.17) is 9.47 Å². The van der Waals surface area contributed by atoms with Crippen molar-refractivity contribution >= 4 is 18.3 Å². The van der Waals surface area contributed by atoms with E-state index in [0.717, 1.165) is 25.1 Å². The average Bonchev–Trinajstić information content (AvgIpc) is 3.03. The molecule has 2 rings (SSSR count). The van der Waals surface area contributed by atoms with Gasteiger partial charge in [-0.05, 0) is 37.6 Å². The average molecular weight is 329 g/mol. The van der Waals surface area contributed by atoms with Crippen LogP contribution >= 0.6 is 12.4 Å². The molecule has 1 aliphatic heterocycles. The molecule has 1 heterocycles. The van der Waals surface area contributed by atoms with E-state index in [1.807, 2.05) is 12.1 Å². The number of nitrogens with one attached hydrogen (secondary N) is 2. The molecular formula is C16H25ClN2O3. The first-order valence-corrected chi connectivity index (χ1v) is 7.53. The smallest absolute Gasteiger partial charge is 0.251 e. The normalized spacial score (nSPS) is 16.9. The second-order valence-corrected chi connectivity index (χ2v) is 5.23. The van der Waals surface area contributed by atoms with E-state index in [1.165, 1.54) is 6.42 Å². The first kappa shape index (κ1) is 18.7. The molecular weight excluding hydrogens is 304 g/mol. The van der Waals surface area contributed by atoms with E-state index < -0.39 is 0 Å².